The number of hydrogen-bond acceptors (Lipinski definition) is 3. The Kier molecular flexibility index (Phi) is 4.21. The number of aromatic nitrogens is 1. The first kappa shape index (κ1) is 15.5. The summed E-state index contributed by atoms with van der Waals surface area (Å²) in [4.78, 5) is 20.6. The molecule has 24 heavy (non-hydrogen) atoms. The minimum Gasteiger partial charge on any atom is -0.333 e. The second-order valence-corrected chi connectivity index (χ2v) is 7.74. The van der Waals surface area contributed by atoms with E-state index < -0.39 is 0 Å². The predicted molar refractivity (Wildman–Crippen MR) is 100 cm³/mol. The van der Waals surface area contributed by atoms with E-state index in [2.05, 4.69) is 28.1 Å². The highest BCUT2D eigenvalue weighted by Gasteiger charge is 2.25. The van der Waals surface area contributed by atoms with Gasteiger partial charge in [-0.3, -0.25) is 4.79 Å². The van der Waals surface area contributed by atoms with Crippen molar-refractivity contribution >= 4 is 33.2 Å². The first-order valence-electron chi connectivity index (χ1n) is 7.79. The normalized spacial score (nSPS) is 13.6. The number of nitrogens with zero attached hydrogens (tertiary/aromatic N) is 2. The molecule has 1 aliphatic rings. The minimum absolute atomic E-state index is 0.0859. The Morgan fingerprint density at radius 3 is 2.58 bits per heavy atom. The summed E-state index contributed by atoms with van der Waals surface area (Å²) in [5, 5.41) is 1.04. The molecule has 0 fully saturated rings. The summed E-state index contributed by atoms with van der Waals surface area (Å²) < 4.78 is 0.981. The molecular weight excluding hydrogens is 384 g/mol. The molecule has 4 rings (SSSR count). The third-order valence-corrected chi connectivity index (χ3v) is 5.79. The van der Waals surface area contributed by atoms with Crippen LogP contribution in [-0.4, -0.2) is 22.3 Å². The third kappa shape index (κ3) is 3.01. The monoisotopic (exact) mass is 398 g/mol. The van der Waals surface area contributed by atoms with E-state index in [9.17, 15) is 4.79 Å². The van der Waals surface area contributed by atoms with Crippen molar-refractivity contribution in [2.75, 3.05) is 6.54 Å². The Morgan fingerprint density at radius 2 is 1.83 bits per heavy atom. The van der Waals surface area contributed by atoms with Gasteiger partial charge in [-0.05, 0) is 24.3 Å². The van der Waals surface area contributed by atoms with Crippen LogP contribution < -0.4 is 0 Å². The van der Waals surface area contributed by atoms with Gasteiger partial charge in [0.2, 0.25) is 0 Å². The van der Waals surface area contributed by atoms with Gasteiger partial charge in [-0.2, -0.15) is 0 Å². The fourth-order valence-corrected chi connectivity index (χ4v) is 4.24. The molecule has 2 aromatic carbocycles. The zero-order chi connectivity index (χ0) is 16.5. The molecule has 0 saturated carbocycles. The van der Waals surface area contributed by atoms with Crippen LogP contribution in [0.1, 0.15) is 20.9 Å². The molecule has 0 atom stereocenters. The predicted octanol–water partition coefficient (Wildman–Crippen LogP) is 4.77. The van der Waals surface area contributed by atoms with E-state index in [1.54, 1.807) is 11.3 Å². The van der Waals surface area contributed by atoms with Crippen molar-refractivity contribution in [3.05, 3.63) is 75.2 Å². The van der Waals surface area contributed by atoms with Gasteiger partial charge in [0.25, 0.3) is 5.91 Å². The van der Waals surface area contributed by atoms with Crippen molar-refractivity contribution in [2.24, 2.45) is 0 Å². The molecule has 1 amide bonds. The molecule has 1 aromatic heterocycles. The molecule has 5 heteroatoms. The summed E-state index contributed by atoms with van der Waals surface area (Å²) in [5.74, 6) is 0.0859. The van der Waals surface area contributed by atoms with Crippen LogP contribution in [0.4, 0.5) is 0 Å². The average molecular weight is 399 g/mol. The summed E-state index contributed by atoms with van der Waals surface area (Å²) in [5.41, 5.74) is 3.01. The maximum Gasteiger partial charge on any atom is 0.254 e. The van der Waals surface area contributed by atoms with Crippen LogP contribution in [0.3, 0.4) is 0 Å². The maximum absolute atomic E-state index is 12.7. The van der Waals surface area contributed by atoms with Crippen molar-refractivity contribution in [2.45, 2.75) is 13.0 Å². The fourth-order valence-electron chi connectivity index (χ4n) is 2.85. The zero-order valence-corrected chi connectivity index (χ0v) is 15.3. The Bertz CT molecular complexity index is 874. The highest BCUT2D eigenvalue weighted by molar-refractivity contribution is 9.10. The van der Waals surface area contributed by atoms with Gasteiger partial charge in [0.05, 0.1) is 12.2 Å². The van der Waals surface area contributed by atoms with Gasteiger partial charge in [0, 0.05) is 33.4 Å². The summed E-state index contributed by atoms with van der Waals surface area (Å²) in [7, 11) is 0. The quantitative estimate of drug-likeness (QED) is 0.622. The standard InChI is InChI=1S/C19H15BrN2OS/c20-15-8-6-14(7-9-15)19(23)22-11-10-16-17(12-22)24-18(21-16)13-4-2-1-3-5-13/h1-9H,10-12H2. The molecule has 0 aliphatic carbocycles. The van der Waals surface area contributed by atoms with Crippen LogP contribution in [0.5, 0.6) is 0 Å². The summed E-state index contributed by atoms with van der Waals surface area (Å²) in [6.07, 6.45) is 0.820. The second kappa shape index (κ2) is 6.49. The van der Waals surface area contributed by atoms with Crippen LogP contribution in [0.25, 0.3) is 10.6 Å². The molecular formula is C19H15BrN2OS. The number of hydrogen-bond donors (Lipinski definition) is 0. The SMILES string of the molecule is O=C(c1ccc(Br)cc1)N1CCc2nc(-c3ccccc3)sc2C1. The number of benzene rings is 2. The van der Waals surface area contributed by atoms with E-state index in [4.69, 9.17) is 4.98 Å². The number of fused-ring (bicyclic) bond motifs is 1. The molecule has 0 N–H and O–H groups in total. The van der Waals surface area contributed by atoms with Gasteiger partial charge in [-0.15, -0.1) is 11.3 Å². The van der Waals surface area contributed by atoms with E-state index in [0.717, 1.165) is 39.3 Å². The molecule has 3 aromatic rings. The summed E-state index contributed by atoms with van der Waals surface area (Å²) >= 11 is 5.10. The maximum atomic E-state index is 12.7. The summed E-state index contributed by atoms with van der Waals surface area (Å²) in [6, 6.07) is 17.8. The van der Waals surface area contributed by atoms with Crippen LogP contribution >= 0.6 is 27.3 Å². The number of amides is 1. The lowest BCUT2D eigenvalue weighted by atomic mass is 10.1. The lowest BCUT2D eigenvalue weighted by molar-refractivity contribution is 0.0736. The van der Waals surface area contributed by atoms with Crippen LogP contribution in [0.15, 0.2) is 59.1 Å². The van der Waals surface area contributed by atoms with Crippen molar-refractivity contribution < 1.29 is 4.79 Å². The molecule has 1 aliphatic heterocycles. The molecule has 0 radical (unpaired) electrons. The largest absolute Gasteiger partial charge is 0.333 e. The highest BCUT2D eigenvalue weighted by Crippen LogP contribution is 2.32. The molecule has 0 unspecified atom stereocenters. The lowest BCUT2D eigenvalue weighted by Gasteiger charge is -2.26. The minimum atomic E-state index is 0.0859. The Balaban J connectivity index is 1.56. The lowest BCUT2D eigenvalue weighted by Crippen LogP contribution is -2.35. The molecule has 2 heterocycles. The van der Waals surface area contributed by atoms with E-state index in [-0.39, 0.29) is 5.91 Å². The zero-order valence-electron chi connectivity index (χ0n) is 12.9. The van der Waals surface area contributed by atoms with E-state index in [1.165, 1.54) is 4.88 Å². The number of halogens is 1. The summed E-state index contributed by atoms with van der Waals surface area (Å²) in [6.45, 7) is 1.37. The van der Waals surface area contributed by atoms with Crippen molar-refractivity contribution in [1.29, 1.82) is 0 Å². The van der Waals surface area contributed by atoms with Gasteiger partial charge in [-0.25, -0.2) is 4.98 Å². The van der Waals surface area contributed by atoms with E-state index >= 15 is 0 Å². The van der Waals surface area contributed by atoms with Gasteiger partial charge < -0.3 is 4.90 Å². The Hall–Kier alpha value is -1.98. The van der Waals surface area contributed by atoms with E-state index in [0.29, 0.717) is 6.54 Å². The highest BCUT2D eigenvalue weighted by atomic mass is 79.9. The number of carbonyl (C=O) groups is 1. The van der Waals surface area contributed by atoms with Gasteiger partial charge >= 0.3 is 0 Å². The first-order valence-corrected chi connectivity index (χ1v) is 9.40. The van der Waals surface area contributed by atoms with Crippen LogP contribution in [-0.2, 0) is 13.0 Å². The van der Waals surface area contributed by atoms with Gasteiger partial charge in [0.15, 0.2) is 0 Å². The average Bonchev–Trinajstić information content (AvgIpc) is 3.06. The first-order chi connectivity index (χ1) is 11.7. The number of thiazole rings is 1. The van der Waals surface area contributed by atoms with Gasteiger partial charge in [0.1, 0.15) is 5.01 Å². The van der Waals surface area contributed by atoms with Crippen molar-refractivity contribution in [3.8, 4) is 10.6 Å². The number of carbonyl (C=O) groups excluding carboxylic acids is 1. The topological polar surface area (TPSA) is 33.2 Å². The molecule has 3 nitrogen and oxygen atoms in total. The number of rotatable bonds is 2. The second-order valence-electron chi connectivity index (χ2n) is 5.74. The fraction of sp³-hybridized carbons (Fsp3) is 0.158. The van der Waals surface area contributed by atoms with Crippen LogP contribution in [0.2, 0.25) is 0 Å². The molecule has 0 bridgehead atoms. The Morgan fingerprint density at radius 1 is 1.08 bits per heavy atom. The smallest absolute Gasteiger partial charge is 0.254 e. The van der Waals surface area contributed by atoms with Crippen LogP contribution in [0, 0.1) is 0 Å². The molecule has 0 spiro atoms. The van der Waals surface area contributed by atoms with E-state index in [1.807, 2.05) is 47.4 Å². The van der Waals surface area contributed by atoms with Gasteiger partial charge in [-0.1, -0.05) is 46.3 Å². The van der Waals surface area contributed by atoms with Crippen molar-refractivity contribution in [1.82, 2.24) is 9.88 Å². The molecule has 0 saturated heterocycles. The Labute approximate surface area is 153 Å². The third-order valence-electron chi connectivity index (χ3n) is 4.13. The van der Waals surface area contributed by atoms with Crippen molar-refractivity contribution in [3.63, 3.8) is 0 Å². The molecule has 120 valence electrons.